The van der Waals surface area contributed by atoms with E-state index in [-0.39, 0.29) is 54.3 Å². The highest BCUT2D eigenvalue weighted by molar-refractivity contribution is 8.00. The van der Waals surface area contributed by atoms with Gasteiger partial charge in [0.1, 0.15) is 0 Å². The van der Waals surface area contributed by atoms with E-state index in [1.807, 2.05) is 0 Å². The van der Waals surface area contributed by atoms with Crippen LogP contribution in [-0.2, 0) is 4.79 Å². The number of amides is 1. The zero-order valence-corrected chi connectivity index (χ0v) is 10.8. The molecule has 0 saturated heterocycles. The monoisotopic (exact) mass is 292 g/mol. The van der Waals surface area contributed by atoms with Gasteiger partial charge in [-0.3, -0.25) is 4.79 Å². The molecule has 0 heterocycles. The molecule has 0 bridgehead atoms. The largest absolute Gasteiger partial charge is 0.441 e. The molecule has 8 heteroatoms. The van der Waals surface area contributed by atoms with Gasteiger partial charge in [-0.1, -0.05) is 6.42 Å². The average Bonchev–Trinajstić information content (AvgIpc) is 2.57. The highest BCUT2D eigenvalue weighted by Gasteiger charge is 2.30. The summed E-state index contributed by atoms with van der Waals surface area (Å²) in [5, 5.41) is 2.49. The van der Waals surface area contributed by atoms with Gasteiger partial charge in [0.15, 0.2) is 0 Å². The third-order valence-electron chi connectivity index (χ3n) is 2.57. The van der Waals surface area contributed by atoms with Crippen molar-refractivity contribution >= 4 is 30.1 Å². The van der Waals surface area contributed by atoms with Crippen LogP contribution in [0.3, 0.4) is 0 Å². The van der Waals surface area contributed by atoms with Crippen molar-refractivity contribution in [3.8, 4) is 0 Å². The number of hydrogen-bond acceptors (Lipinski definition) is 3. The number of nitrogens with one attached hydrogen (secondary N) is 1. The SMILES string of the molecule is Cl.NC1CCCC1C(=O)NCCSC(F)(F)F. The summed E-state index contributed by atoms with van der Waals surface area (Å²) in [5.74, 6) is -0.597. The smallest absolute Gasteiger partial charge is 0.355 e. The van der Waals surface area contributed by atoms with Gasteiger partial charge in [0.05, 0.1) is 5.92 Å². The number of halogens is 4. The second kappa shape index (κ2) is 7.33. The van der Waals surface area contributed by atoms with Gasteiger partial charge in [-0.05, 0) is 24.6 Å². The molecule has 0 radical (unpaired) electrons. The van der Waals surface area contributed by atoms with Crippen LogP contribution in [0.5, 0.6) is 0 Å². The standard InChI is InChI=1S/C9H15F3N2OS.ClH/c10-9(11,12)16-5-4-14-8(15)6-2-1-3-7(6)13;/h6-7H,1-5,13H2,(H,14,15);1H. The second-order valence-electron chi connectivity index (χ2n) is 3.79. The molecule has 2 unspecified atom stereocenters. The molecule has 1 fully saturated rings. The molecule has 3 nitrogen and oxygen atoms in total. The predicted molar refractivity (Wildman–Crippen MR) is 64.1 cm³/mol. The number of hydrogen-bond donors (Lipinski definition) is 2. The zero-order chi connectivity index (χ0) is 12.2. The first-order valence-electron chi connectivity index (χ1n) is 5.14. The van der Waals surface area contributed by atoms with E-state index in [9.17, 15) is 18.0 Å². The third-order valence-corrected chi connectivity index (χ3v) is 3.31. The lowest BCUT2D eigenvalue weighted by atomic mass is 10.0. The Bertz CT molecular complexity index is 253. The van der Waals surface area contributed by atoms with Crippen molar-refractivity contribution in [2.75, 3.05) is 12.3 Å². The highest BCUT2D eigenvalue weighted by atomic mass is 35.5. The lowest BCUT2D eigenvalue weighted by Gasteiger charge is -2.15. The Morgan fingerprint density at radius 2 is 2.06 bits per heavy atom. The summed E-state index contributed by atoms with van der Waals surface area (Å²) < 4.78 is 35.3. The summed E-state index contributed by atoms with van der Waals surface area (Å²) in [4.78, 5) is 11.5. The van der Waals surface area contributed by atoms with E-state index >= 15 is 0 Å². The maximum absolute atomic E-state index is 11.8. The van der Waals surface area contributed by atoms with Gasteiger partial charge >= 0.3 is 5.51 Å². The Hall–Kier alpha value is -0.140. The van der Waals surface area contributed by atoms with Crippen LogP contribution < -0.4 is 11.1 Å². The zero-order valence-electron chi connectivity index (χ0n) is 9.13. The quantitative estimate of drug-likeness (QED) is 0.778. The first-order chi connectivity index (χ1) is 7.40. The highest BCUT2D eigenvalue weighted by Crippen LogP contribution is 2.29. The molecule has 0 aromatic rings. The number of carbonyl (C=O) groups is 1. The molecule has 0 aliphatic heterocycles. The summed E-state index contributed by atoms with van der Waals surface area (Å²) in [6.45, 7) is 0.0340. The van der Waals surface area contributed by atoms with Crippen molar-refractivity contribution in [2.24, 2.45) is 11.7 Å². The molecule has 17 heavy (non-hydrogen) atoms. The van der Waals surface area contributed by atoms with Crippen LogP contribution in [0.15, 0.2) is 0 Å². The van der Waals surface area contributed by atoms with Crippen LogP contribution in [0.4, 0.5) is 13.2 Å². The van der Waals surface area contributed by atoms with E-state index in [0.717, 1.165) is 19.3 Å². The number of rotatable bonds is 4. The van der Waals surface area contributed by atoms with Crippen LogP contribution in [0.25, 0.3) is 0 Å². The third kappa shape index (κ3) is 6.38. The summed E-state index contributed by atoms with van der Waals surface area (Å²) in [6.07, 6.45) is 2.46. The van der Waals surface area contributed by atoms with E-state index in [0.29, 0.717) is 0 Å². The molecule has 102 valence electrons. The number of alkyl halides is 3. The number of nitrogens with two attached hydrogens (primary N) is 1. The molecule has 1 aliphatic rings. The lowest BCUT2D eigenvalue weighted by Crippen LogP contribution is -2.39. The van der Waals surface area contributed by atoms with E-state index < -0.39 is 5.51 Å². The van der Waals surface area contributed by atoms with Gasteiger partial charge in [-0.2, -0.15) is 13.2 Å². The van der Waals surface area contributed by atoms with Crippen molar-refractivity contribution in [3.63, 3.8) is 0 Å². The first kappa shape index (κ1) is 16.9. The minimum Gasteiger partial charge on any atom is -0.355 e. The maximum Gasteiger partial charge on any atom is 0.441 e. The van der Waals surface area contributed by atoms with Crippen LogP contribution in [0.2, 0.25) is 0 Å². The molecular formula is C9H16ClF3N2OS. The summed E-state index contributed by atoms with van der Waals surface area (Å²) in [5.41, 5.74) is 1.48. The first-order valence-corrected chi connectivity index (χ1v) is 6.12. The Morgan fingerprint density at radius 1 is 1.41 bits per heavy atom. The molecule has 0 aromatic heterocycles. The fraction of sp³-hybridized carbons (Fsp3) is 0.889. The van der Waals surface area contributed by atoms with Gasteiger partial charge < -0.3 is 11.1 Å². The van der Waals surface area contributed by atoms with Crippen LogP contribution in [-0.4, -0.2) is 29.8 Å². The van der Waals surface area contributed by atoms with E-state index in [1.165, 1.54) is 0 Å². The average molecular weight is 293 g/mol. The Morgan fingerprint density at radius 3 is 2.53 bits per heavy atom. The van der Waals surface area contributed by atoms with Gasteiger partial charge in [0, 0.05) is 18.3 Å². The predicted octanol–water partition coefficient (Wildman–Crippen LogP) is 1.90. The van der Waals surface area contributed by atoms with Crippen molar-refractivity contribution in [2.45, 2.75) is 30.8 Å². The van der Waals surface area contributed by atoms with Gasteiger partial charge in [0.25, 0.3) is 0 Å². The molecule has 1 rings (SSSR count). The fourth-order valence-electron chi connectivity index (χ4n) is 1.79. The van der Waals surface area contributed by atoms with Gasteiger partial charge in [0.2, 0.25) is 5.91 Å². The van der Waals surface area contributed by atoms with E-state index in [2.05, 4.69) is 5.32 Å². The second-order valence-corrected chi connectivity index (χ2v) is 4.95. The van der Waals surface area contributed by atoms with E-state index in [1.54, 1.807) is 0 Å². The van der Waals surface area contributed by atoms with Gasteiger partial charge in [-0.15, -0.1) is 12.4 Å². The fourth-order valence-corrected chi connectivity index (χ4v) is 2.22. The molecule has 2 atom stereocenters. The molecule has 0 aromatic carbocycles. The van der Waals surface area contributed by atoms with Gasteiger partial charge in [-0.25, -0.2) is 0 Å². The molecule has 1 amide bonds. The Balaban J connectivity index is 0.00000256. The Labute approximate surface area is 108 Å². The Kier molecular flexibility index (Phi) is 7.27. The lowest BCUT2D eigenvalue weighted by molar-refractivity contribution is -0.125. The molecular weight excluding hydrogens is 277 g/mol. The molecule has 1 saturated carbocycles. The molecule has 0 spiro atoms. The minimum atomic E-state index is -4.23. The van der Waals surface area contributed by atoms with Crippen molar-refractivity contribution in [1.82, 2.24) is 5.32 Å². The molecule has 3 N–H and O–H groups in total. The summed E-state index contributed by atoms with van der Waals surface area (Å²) in [6, 6.07) is -0.143. The molecule has 1 aliphatic carbocycles. The van der Waals surface area contributed by atoms with Crippen molar-refractivity contribution in [1.29, 1.82) is 0 Å². The minimum absolute atomic E-state index is 0. The maximum atomic E-state index is 11.8. The number of thioether (sulfide) groups is 1. The van der Waals surface area contributed by atoms with Crippen molar-refractivity contribution in [3.05, 3.63) is 0 Å². The summed E-state index contributed by atoms with van der Waals surface area (Å²) >= 11 is -0.127. The van der Waals surface area contributed by atoms with Crippen LogP contribution >= 0.6 is 24.2 Å². The topological polar surface area (TPSA) is 55.1 Å². The van der Waals surface area contributed by atoms with Crippen molar-refractivity contribution < 1.29 is 18.0 Å². The van der Waals surface area contributed by atoms with E-state index in [4.69, 9.17) is 5.73 Å². The number of carbonyl (C=O) groups excluding carboxylic acids is 1. The van der Waals surface area contributed by atoms with Crippen LogP contribution in [0, 0.1) is 5.92 Å². The van der Waals surface area contributed by atoms with Crippen LogP contribution in [0.1, 0.15) is 19.3 Å². The normalized spacial score (nSPS) is 24.2. The summed E-state index contributed by atoms with van der Waals surface area (Å²) in [7, 11) is 0.